The SMILES string of the molecule is COc1ccc(P2(=S)Oc3ccccc3-c3c2cnn3-c2ccccc2)cc1. The Kier molecular flexibility index (Phi) is 4.08. The van der Waals surface area contributed by atoms with Gasteiger partial charge >= 0.3 is 0 Å². The highest BCUT2D eigenvalue weighted by atomic mass is 32.4. The van der Waals surface area contributed by atoms with Crippen LogP contribution >= 0.6 is 6.26 Å². The Morgan fingerprint density at radius 3 is 2.39 bits per heavy atom. The minimum atomic E-state index is -2.52. The summed E-state index contributed by atoms with van der Waals surface area (Å²) < 4.78 is 13.7. The van der Waals surface area contributed by atoms with Crippen molar-refractivity contribution >= 4 is 28.7 Å². The maximum atomic E-state index is 6.49. The van der Waals surface area contributed by atoms with Crippen molar-refractivity contribution in [2.75, 3.05) is 7.11 Å². The molecule has 0 aliphatic carbocycles. The van der Waals surface area contributed by atoms with E-state index in [0.29, 0.717) is 0 Å². The Balaban J connectivity index is 1.76. The van der Waals surface area contributed by atoms with E-state index in [1.54, 1.807) is 7.11 Å². The van der Waals surface area contributed by atoms with Crippen molar-refractivity contribution in [3.05, 3.63) is 85.1 Å². The monoisotopic (exact) mass is 404 g/mol. The Morgan fingerprint density at radius 2 is 1.64 bits per heavy atom. The molecule has 2 heterocycles. The first kappa shape index (κ1) is 17.2. The van der Waals surface area contributed by atoms with E-state index in [9.17, 15) is 0 Å². The van der Waals surface area contributed by atoms with Gasteiger partial charge in [-0.25, -0.2) is 4.68 Å². The third-order valence-electron chi connectivity index (χ3n) is 4.85. The highest BCUT2D eigenvalue weighted by Gasteiger charge is 2.37. The highest BCUT2D eigenvalue weighted by molar-refractivity contribution is 8.19. The van der Waals surface area contributed by atoms with Gasteiger partial charge in [0, 0.05) is 10.9 Å². The molecule has 0 spiro atoms. The normalized spacial score (nSPS) is 17.3. The predicted molar refractivity (Wildman–Crippen MR) is 116 cm³/mol. The average molecular weight is 404 g/mol. The second kappa shape index (κ2) is 6.62. The molecule has 0 amide bonds. The number of nitrogens with zero attached hydrogens (tertiary/aromatic N) is 2. The fraction of sp³-hybridized carbons (Fsp3) is 0.0455. The topological polar surface area (TPSA) is 36.3 Å². The van der Waals surface area contributed by atoms with Crippen LogP contribution in [0.25, 0.3) is 16.9 Å². The Labute approximate surface area is 168 Å². The Bertz CT molecular complexity index is 1200. The molecule has 0 fully saturated rings. The molecule has 0 N–H and O–H groups in total. The van der Waals surface area contributed by atoms with E-state index in [-0.39, 0.29) is 0 Å². The van der Waals surface area contributed by atoms with Crippen LogP contribution in [0.3, 0.4) is 0 Å². The van der Waals surface area contributed by atoms with Crippen molar-refractivity contribution in [2.24, 2.45) is 0 Å². The van der Waals surface area contributed by atoms with Gasteiger partial charge in [0.1, 0.15) is 11.5 Å². The predicted octanol–water partition coefficient (Wildman–Crippen LogP) is 4.29. The molecular weight excluding hydrogens is 387 g/mol. The molecule has 6 heteroatoms. The molecule has 5 rings (SSSR count). The smallest absolute Gasteiger partial charge is 0.175 e. The summed E-state index contributed by atoms with van der Waals surface area (Å²) in [6.07, 6.45) is -0.659. The van der Waals surface area contributed by atoms with Crippen molar-refractivity contribution in [3.8, 4) is 28.4 Å². The van der Waals surface area contributed by atoms with Crippen molar-refractivity contribution in [3.63, 3.8) is 0 Å². The van der Waals surface area contributed by atoms with E-state index in [1.165, 1.54) is 0 Å². The second-order valence-electron chi connectivity index (χ2n) is 6.46. The van der Waals surface area contributed by atoms with Gasteiger partial charge in [-0.3, -0.25) is 0 Å². The summed E-state index contributed by atoms with van der Waals surface area (Å²) >= 11 is 6.19. The summed E-state index contributed by atoms with van der Waals surface area (Å²) in [6, 6.07) is 26.0. The number of fused-ring (bicyclic) bond motifs is 3. The lowest BCUT2D eigenvalue weighted by atomic mass is 10.1. The van der Waals surface area contributed by atoms with Crippen LogP contribution in [-0.4, -0.2) is 16.9 Å². The quantitative estimate of drug-likeness (QED) is 0.478. The van der Waals surface area contributed by atoms with Crippen LogP contribution in [0.15, 0.2) is 85.1 Å². The van der Waals surface area contributed by atoms with E-state index in [1.807, 2.05) is 83.7 Å². The summed E-state index contributed by atoms with van der Waals surface area (Å²) in [5, 5.41) is 6.64. The van der Waals surface area contributed by atoms with E-state index in [0.717, 1.165) is 39.1 Å². The summed E-state index contributed by atoms with van der Waals surface area (Å²) in [5.41, 5.74) is 3.01. The molecule has 1 atom stereocenters. The van der Waals surface area contributed by atoms with E-state index >= 15 is 0 Å². The Morgan fingerprint density at radius 1 is 0.929 bits per heavy atom. The number of rotatable bonds is 3. The number of ether oxygens (including phenoxy) is 1. The number of hydrogen-bond acceptors (Lipinski definition) is 4. The van der Waals surface area contributed by atoms with E-state index < -0.39 is 6.26 Å². The number of methoxy groups -OCH3 is 1. The largest absolute Gasteiger partial charge is 0.497 e. The fourth-order valence-corrected chi connectivity index (χ4v) is 6.64. The summed E-state index contributed by atoms with van der Waals surface area (Å²) in [7, 11) is 1.66. The molecule has 0 bridgehead atoms. The van der Waals surface area contributed by atoms with Crippen LogP contribution in [0.1, 0.15) is 0 Å². The molecule has 4 nitrogen and oxygen atoms in total. The van der Waals surface area contributed by atoms with Crippen LogP contribution < -0.4 is 19.9 Å². The van der Waals surface area contributed by atoms with Gasteiger partial charge in [-0.15, -0.1) is 0 Å². The lowest BCUT2D eigenvalue weighted by Gasteiger charge is -2.30. The van der Waals surface area contributed by atoms with E-state index in [2.05, 4.69) is 6.07 Å². The molecule has 28 heavy (non-hydrogen) atoms. The average Bonchev–Trinajstić information content (AvgIpc) is 3.21. The van der Waals surface area contributed by atoms with Gasteiger partial charge < -0.3 is 9.26 Å². The van der Waals surface area contributed by atoms with Crippen LogP contribution in [-0.2, 0) is 11.8 Å². The van der Waals surface area contributed by atoms with E-state index in [4.69, 9.17) is 26.2 Å². The molecule has 1 aliphatic heterocycles. The third-order valence-corrected chi connectivity index (χ3v) is 8.69. The van der Waals surface area contributed by atoms with Crippen molar-refractivity contribution in [1.82, 2.24) is 9.78 Å². The van der Waals surface area contributed by atoms with Crippen LogP contribution in [0.4, 0.5) is 0 Å². The molecule has 1 aliphatic rings. The molecule has 138 valence electrons. The molecule has 0 saturated carbocycles. The van der Waals surface area contributed by atoms with Gasteiger partial charge in [-0.05, 0) is 60.3 Å². The molecule has 0 saturated heterocycles. The molecule has 4 aromatic rings. The molecular formula is C22H17N2O2PS. The van der Waals surface area contributed by atoms with Crippen LogP contribution in [0, 0.1) is 0 Å². The van der Waals surface area contributed by atoms with Crippen LogP contribution in [0.5, 0.6) is 11.5 Å². The molecule has 3 aromatic carbocycles. The van der Waals surface area contributed by atoms with Gasteiger partial charge in [0.2, 0.25) is 0 Å². The second-order valence-corrected chi connectivity index (χ2v) is 10.3. The number of aromatic nitrogens is 2. The van der Waals surface area contributed by atoms with Crippen molar-refractivity contribution < 1.29 is 9.26 Å². The Hall–Kier alpha value is -2.88. The minimum absolute atomic E-state index is 0.794. The number of para-hydroxylation sites is 2. The van der Waals surface area contributed by atoms with Gasteiger partial charge in [0.25, 0.3) is 0 Å². The zero-order chi connectivity index (χ0) is 19.1. The van der Waals surface area contributed by atoms with Crippen molar-refractivity contribution in [1.29, 1.82) is 0 Å². The summed E-state index contributed by atoms with van der Waals surface area (Å²) in [6.45, 7) is 0. The first-order valence-electron chi connectivity index (χ1n) is 8.88. The van der Waals surface area contributed by atoms with Crippen molar-refractivity contribution in [2.45, 2.75) is 0 Å². The van der Waals surface area contributed by atoms with Gasteiger partial charge in [0.05, 0.1) is 30.0 Å². The number of benzene rings is 3. The first-order valence-corrected chi connectivity index (χ1v) is 11.6. The lowest BCUT2D eigenvalue weighted by molar-refractivity contribution is 0.415. The summed E-state index contributed by atoms with van der Waals surface area (Å²) in [4.78, 5) is 0. The van der Waals surface area contributed by atoms with Crippen LogP contribution in [0.2, 0.25) is 0 Å². The zero-order valence-corrected chi connectivity index (χ0v) is 16.9. The van der Waals surface area contributed by atoms with Gasteiger partial charge in [-0.1, -0.05) is 30.3 Å². The fourth-order valence-electron chi connectivity index (χ4n) is 3.47. The molecule has 0 radical (unpaired) electrons. The van der Waals surface area contributed by atoms with Gasteiger partial charge in [0.15, 0.2) is 6.26 Å². The maximum Gasteiger partial charge on any atom is 0.175 e. The third kappa shape index (κ3) is 2.59. The van der Waals surface area contributed by atoms with Gasteiger partial charge in [-0.2, -0.15) is 5.10 Å². The lowest BCUT2D eigenvalue weighted by Crippen LogP contribution is -2.24. The zero-order valence-electron chi connectivity index (χ0n) is 15.1. The first-order chi connectivity index (χ1) is 13.7. The molecule has 1 unspecified atom stereocenters. The number of hydrogen-bond donors (Lipinski definition) is 0. The standard InChI is InChI=1S/C22H17N2O2PS/c1-25-17-11-13-18(14-12-17)27(28)21-15-23-24(16-7-3-2-4-8-16)22(21)19-9-5-6-10-20(19)26-27/h2-15H,1H3. The minimum Gasteiger partial charge on any atom is -0.497 e. The summed E-state index contributed by atoms with van der Waals surface area (Å²) in [5.74, 6) is 1.59. The maximum absolute atomic E-state index is 6.49. The highest BCUT2D eigenvalue weighted by Crippen LogP contribution is 2.54. The molecule has 1 aromatic heterocycles.